The van der Waals surface area contributed by atoms with E-state index in [4.69, 9.17) is 11.6 Å². The van der Waals surface area contributed by atoms with E-state index in [1.165, 1.54) is 7.11 Å². The first-order chi connectivity index (χ1) is 7.69. The highest BCUT2D eigenvalue weighted by molar-refractivity contribution is 9.09. The largest absolute Gasteiger partial charge is 0.465 e. The molecule has 1 aromatic rings. The molecule has 0 amide bonds. The fourth-order valence-electron chi connectivity index (χ4n) is 1.08. The molecule has 0 bridgehead atoms. The number of halogens is 2. The normalized spacial score (nSPS) is 9.19. The van der Waals surface area contributed by atoms with Gasteiger partial charge in [0.15, 0.2) is 0 Å². The third kappa shape index (κ3) is 3.55. The van der Waals surface area contributed by atoms with E-state index in [9.17, 15) is 4.79 Å². The molecule has 84 valence electrons. The van der Waals surface area contributed by atoms with Crippen molar-refractivity contribution in [3.05, 3.63) is 34.3 Å². The fourth-order valence-corrected chi connectivity index (χ4v) is 1.54. The van der Waals surface area contributed by atoms with Crippen molar-refractivity contribution in [1.82, 2.24) is 0 Å². The van der Waals surface area contributed by atoms with Crippen molar-refractivity contribution >= 4 is 33.5 Å². The maximum atomic E-state index is 11.3. The Morgan fingerprint density at radius 3 is 2.88 bits per heavy atom. The zero-order valence-corrected chi connectivity index (χ0v) is 11.1. The number of ether oxygens (including phenoxy) is 1. The van der Waals surface area contributed by atoms with Crippen LogP contribution in [0.5, 0.6) is 0 Å². The second-order valence-corrected chi connectivity index (χ2v) is 4.13. The van der Waals surface area contributed by atoms with Crippen molar-refractivity contribution in [1.29, 1.82) is 0 Å². The topological polar surface area (TPSA) is 26.3 Å². The van der Waals surface area contributed by atoms with Gasteiger partial charge in [0.1, 0.15) is 0 Å². The van der Waals surface area contributed by atoms with Crippen LogP contribution in [0.25, 0.3) is 0 Å². The molecule has 0 aromatic heterocycles. The van der Waals surface area contributed by atoms with Crippen molar-refractivity contribution in [2.45, 2.75) is 6.42 Å². The number of hydrogen-bond donors (Lipinski definition) is 0. The molecule has 0 saturated heterocycles. The molecular weight excluding hydrogens is 291 g/mol. The minimum absolute atomic E-state index is 0.357. The van der Waals surface area contributed by atoms with Crippen LogP contribution in [0.1, 0.15) is 22.3 Å². The number of alkyl halides is 1. The predicted octanol–water partition coefficient (Wildman–Crippen LogP) is 3.26. The molecule has 0 atom stereocenters. The summed E-state index contributed by atoms with van der Waals surface area (Å²) in [5, 5.41) is 1.20. The van der Waals surface area contributed by atoms with Gasteiger partial charge in [-0.1, -0.05) is 39.4 Å². The van der Waals surface area contributed by atoms with Gasteiger partial charge in [0.05, 0.1) is 17.7 Å². The molecular formula is C12H10BrClO2. The van der Waals surface area contributed by atoms with Crippen molar-refractivity contribution < 1.29 is 9.53 Å². The average molecular weight is 302 g/mol. The molecule has 4 heteroatoms. The third-order valence-corrected chi connectivity index (χ3v) is 2.54. The van der Waals surface area contributed by atoms with Gasteiger partial charge in [-0.3, -0.25) is 0 Å². The lowest BCUT2D eigenvalue weighted by Gasteiger charge is -2.01. The van der Waals surface area contributed by atoms with Crippen LogP contribution < -0.4 is 0 Å². The van der Waals surface area contributed by atoms with Gasteiger partial charge in [0.25, 0.3) is 0 Å². The number of hydrogen-bond acceptors (Lipinski definition) is 2. The maximum Gasteiger partial charge on any atom is 0.339 e. The van der Waals surface area contributed by atoms with Crippen LogP contribution in [0.15, 0.2) is 18.2 Å². The molecule has 0 aliphatic carbocycles. The van der Waals surface area contributed by atoms with E-state index < -0.39 is 5.97 Å². The molecule has 1 rings (SSSR count). The van der Waals surface area contributed by atoms with Gasteiger partial charge in [0, 0.05) is 17.3 Å². The Hall–Kier alpha value is -0.980. The van der Waals surface area contributed by atoms with E-state index >= 15 is 0 Å². The first kappa shape index (κ1) is 13.1. The van der Waals surface area contributed by atoms with Crippen LogP contribution in [-0.4, -0.2) is 18.4 Å². The van der Waals surface area contributed by atoms with Gasteiger partial charge in [-0.25, -0.2) is 4.79 Å². The van der Waals surface area contributed by atoms with E-state index in [0.29, 0.717) is 10.6 Å². The Morgan fingerprint density at radius 2 is 2.31 bits per heavy atom. The maximum absolute atomic E-state index is 11.3. The van der Waals surface area contributed by atoms with Crippen LogP contribution in [-0.2, 0) is 4.74 Å². The van der Waals surface area contributed by atoms with Crippen LogP contribution in [0.4, 0.5) is 0 Å². The molecule has 0 aliphatic rings. The van der Waals surface area contributed by atoms with Gasteiger partial charge in [0.2, 0.25) is 0 Å². The molecule has 0 radical (unpaired) electrons. The van der Waals surface area contributed by atoms with Crippen LogP contribution in [0.3, 0.4) is 0 Å². The standard InChI is InChI=1S/C12H10BrClO2/c1-16-12(15)10-6-5-9(8-11(10)14)4-2-3-7-13/h5-6,8H,3,7H2,1H3. The lowest BCUT2D eigenvalue weighted by molar-refractivity contribution is 0.0601. The zero-order chi connectivity index (χ0) is 12.0. The molecule has 0 fully saturated rings. The minimum atomic E-state index is -0.440. The lowest BCUT2D eigenvalue weighted by Crippen LogP contribution is -2.01. The summed E-state index contributed by atoms with van der Waals surface area (Å²) in [6.45, 7) is 0. The van der Waals surface area contributed by atoms with E-state index in [0.717, 1.165) is 17.3 Å². The highest BCUT2D eigenvalue weighted by Gasteiger charge is 2.09. The predicted molar refractivity (Wildman–Crippen MR) is 68.1 cm³/mol. The molecule has 0 saturated carbocycles. The molecule has 16 heavy (non-hydrogen) atoms. The quantitative estimate of drug-likeness (QED) is 0.476. The number of methoxy groups -OCH3 is 1. The van der Waals surface area contributed by atoms with E-state index in [1.807, 2.05) is 0 Å². The Bertz CT molecular complexity index is 446. The molecule has 2 nitrogen and oxygen atoms in total. The molecule has 0 unspecified atom stereocenters. The summed E-state index contributed by atoms with van der Waals surface area (Å²) in [6.07, 6.45) is 0.774. The van der Waals surface area contributed by atoms with E-state index in [2.05, 4.69) is 32.5 Å². The SMILES string of the molecule is COC(=O)c1ccc(C#CCCBr)cc1Cl. The number of rotatable bonds is 2. The van der Waals surface area contributed by atoms with E-state index in [-0.39, 0.29) is 0 Å². The highest BCUT2D eigenvalue weighted by atomic mass is 79.9. The molecule has 0 heterocycles. The molecule has 0 aliphatic heterocycles. The first-order valence-corrected chi connectivity index (χ1v) is 6.11. The number of carbonyl (C=O) groups is 1. The smallest absolute Gasteiger partial charge is 0.339 e. The Morgan fingerprint density at radius 1 is 1.56 bits per heavy atom. The van der Waals surface area contributed by atoms with Crippen molar-refractivity contribution in [2.75, 3.05) is 12.4 Å². The minimum Gasteiger partial charge on any atom is -0.465 e. The summed E-state index contributed by atoms with van der Waals surface area (Å²) in [5.41, 5.74) is 1.15. The summed E-state index contributed by atoms with van der Waals surface area (Å²) < 4.78 is 4.59. The number of esters is 1. The summed E-state index contributed by atoms with van der Waals surface area (Å²) in [5.74, 6) is 5.48. The Labute approximate surface area is 108 Å². The monoisotopic (exact) mass is 300 g/mol. The molecule has 0 N–H and O–H groups in total. The van der Waals surface area contributed by atoms with Gasteiger partial charge in [-0.05, 0) is 18.2 Å². The molecule has 1 aromatic carbocycles. The number of carbonyl (C=O) groups excluding carboxylic acids is 1. The summed E-state index contributed by atoms with van der Waals surface area (Å²) in [6, 6.07) is 5.03. The van der Waals surface area contributed by atoms with E-state index in [1.54, 1.807) is 18.2 Å². The number of benzene rings is 1. The second-order valence-electron chi connectivity index (χ2n) is 2.93. The van der Waals surface area contributed by atoms with Crippen LogP contribution in [0, 0.1) is 11.8 Å². The highest BCUT2D eigenvalue weighted by Crippen LogP contribution is 2.18. The second kappa shape index (κ2) is 6.57. The average Bonchev–Trinajstić information content (AvgIpc) is 2.29. The zero-order valence-electron chi connectivity index (χ0n) is 8.72. The first-order valence-electron chi connectivity index (χ1n) is 4.61. The summed E-state index contributed by atoms with van der Waals surface area (Å²) in [4.78, 5) is 11.3. The van der Waals surface area contributed by atoms with Crippen LogP contribution in [0.2, 0.25) is 5.02 Å². The third-order valence-electron chi connectivity index (χ3n) is 1.83. The van der Waals surface area contributed by atoms with Crippen LogP contribution >= 0.6 is 27.5 Å². The van der Waals surface area contributed by atoms with Gasteiger partial charge >= 0.3 is 5.97 Å². The summed E-state index contributed by atoms with van der Waals surface area (Å²) in [7, 11) is 1.32. The lowest BCUT2D eigenvalue weighted by atomic mass is 10.1. The van der Waals surface area contributed by atoms with Crippen molar-refractivity contribution in [2.24, 2.45) is 0 Å². The van der Waals surface area contributed by atoms with Gasteiger partial charge in [-0.2, -0.15) is 0 Å². The fraction of sp³-hybridized carbons (Fsp3) is 0.250. The molecule has 0 spiro atoms. The van der Waals surface area contributed by atoms with Crippen molar-refractivity contribution in [3.8, 4) is 11.8 Å². The van der Waals surface area contributed by atoms with Crippen molar-refractivity contribution in [3.63, 3.8) is 0 Å². The van der Waals surface area contributed by atoms with Gasteiger partial charge in [-0.15, -0.1) is 0 Å². The Kier molecular flexibility index (Phi) is 5.37. The Balaban J connectivity index is 2.92. The van der Waals surface area contributed by atoms with Gasteiger partial charge < -0.3 is 4.74 Å². The summed E-state index contributed by atoms with van der Waals surface area (Å²) >= 11 is 9.23.